The third-order valence-electron chi connectivity index (χ3n) is 6.63. The van der Waals surface area contributed by atoms with Crippen LogP contribution in [0, 0.1) is 5.92 Å². The summed E-state index contributed by atoms with van der Waals surface area (Å²) in [6.45, 7) is 2.94. The highest BCUT2D eigenvalue weighted by molar-refractivity contribution is 5.98. The number of carbonyl (C=O) groups is 4. The van der Waals surface area contributed by atoms with Gasteiger partial charge >= 0.3 is 0 Å². The number of amides is 4. The van der Waals surface area contributed by atoms with Gasteiger partial charge in [0, 0.05) is 44.8 Å². The van der Waals surface area contributed by atoms with E-state index < -0.39 is 11.8 Å². The molecule has 166 valence electrons. The molecule has 3 heterocycles. The minimum atomic E-state index is -0.960. The van der Waals surface area contributed by atoms with Crippen molar-refractivity contribution in [2.24, 2.45) is 11.7 Å². The summed E-state index contributed by atoms with van der Waals surface area (Å²) in [5.41, 5.74) is 4.89. The van der Waals surface area contributed by atoms with Crippen LogP contribution in [0.15, 0.2) is 24.3 Å². The van der Waals surface area contributed by atoms with Crippen molar-refractivity contribution in [3.8, 4) is 5.75 Å². The summed E-state index contributed by atoms with van der Waals surface area (Å²) >= 11 is 0. The number of likely N-dealkylation sites (tertiary alicyclic amines) is 2. The summed E-state index contributed by atoms with van der Waals surface area (Å²) in [5.74, 6) is -0.511. The van der Waals surface area contributed by atoms with Gasteiger partial charge in [0.25, 0.3) is 5.91 Å². The van der Waals surface area contributed by atoms with E-state index in [1.165, 1.54) is 0 Å². The molecule has 0 bridgehead atoms. The number of fused-ring (bicyclic) bond motifs is 1. The van der Waals surface area contributed by atoms with E-state index in [1.54, 1.807) is 41.0 Å². The second-order valence-corrected chi connectivity index (χ2v) is 8.56. The molecule has 0 unspecified atom stereocenters. The van der Waals surface area contributed by atoms with Crippen molar-refractivity contribution in [3.05, 3.63) is 29.8 Å². The maximum atomic E-state index is 13.0. The molecule has 3 aliphatic heterocycles. The highest BCUT2D eigenvalue weighted by Crippen LogP contribution is 2.34. The lowest BCUT2D eigenvalue weighted by atomic mass is 9.96. The number of nitrogens with two attached hydrogens (primary N) is 1. The summed E-state index contributed by atoms with van der Waals surface area (Å²) in [7, 11) is 0. The van der Waals surface area contributed by atoms with Gasteiger partial charge in [0.05, 0.1) is 5.56 Å². The maximum Gasteiger partial charge on any atom is 0.258 e. The normalized spacial score (nSPS) is 25.3. The van der Waals surface area contributed by atoms with E-state index in [9.17, 15) is 19.2 Å². The van der Waals surface area contributed by atoms with Crippen molar-refractivity contribution in [2.75, 3.05) is 19.6 Å². The van der Waals surface area contributed by atoms with Crippen molar-refractivity contribution in [1.82, 2.24) is 15.1 Å². The Balaban J connectivity index is 1.43. The summed E-state index contributed by atoms with van der Waals surface area (Å²) in [6, 6.07) is 6.41. The van der Waals surface area contributed by atoms with Crippen molar-refractivity contribution < 1.29 is 23.9 Å². The minimum absolute atomic E-state index is 0.133. The van der Waals surface area contributed by atoms with Gasteiger partial charge in [-0.1, -0.05) is 12.1 Å². The first kappa shape index (κ1) is 21.1. The van der Waals surface area contributed by atoms with Crippen molar-refractivity contribution in [2.45, 2.75) is 50.8 Å². The molecule has 3 N–H and O–H groups in total. The fourth-order valence-electron chi connectivity index (χ4n) is 4.68. The highest BCUT2D eigenvalue weighted by atomic mass is 16.5. The molecule has 2 saturated heterocycles. The van der Waals surface area contributed by atoms with Crippen LogP contribution in [0.4, 0.5) is 0 Å². The summed E-state index contributed by atoms with van der Waals surface area (Å²) in [6.07, 6.45) is 1.99. The SMILES string of the molecule is C[C@H](C(=O)N1CCC(C(N)=O)CC1)N1CC[C@@]2(CCC1=O)NC(=O)c1ccccc1O2. The summed E-state index contributed by atoms with van der Waals surface area (Å²) in [4.78, 5) is 53.1. The molecule has 2 fully saturated rings. The van der Waals surface area contributed by atoms with Crippen molar-refractivity contribution >= 4 is 23.6 Å². The number of piperidine rings is 1. The Hall–Kier alpha value is -3.10. The van der Waals surface area contributed by atoms with Gasteiger partial charge < -0.3 is 25.6 Å². The van der Waals surface area contributed by atoms with Crippen LogP contribution in [0.2, 0.25) is 0 Å². The van der Waals surface area contributed by atoms with Gasteiger partial charge in [-0.3, -0.25) is 19.2 Å². The van der Waals surface area contributed by atoms with Crippen LogP contribution in [0.3, 0.4) is 0 Å². The quantitative estimate of drug-likeness (QED) is 0.731. The topological polar surface area (TPSA) is 122 Å². The Morgan fingerprint density at radius 3 is 2.58 bits per heavy atom. The lowest BCUT2D eigenvalue weighted by Gasteiger charge is -2.39. The second kappa shape index (κ2) is 8.20. The van der Waals surface area contributed by atoms with Gasteiger partial charge in [-0.25, -0.2) is 0 Å². The molecular formula is C22H28N4O5. The van der Waals surface area contributed by atoms with E-state index in [-0.39, 0.29) is 36.0 Å². The van der Waals surface area contributed by atoms with Crippen LogP contribution in [0.1, 0.15) is 49.4 Å². The van der Waals surface area contributed by atoms with E-state index in [0.29, 0.717) is 56.6 Å². The van der Waals surface area contributed by atoms with Gasteiger partial charge in [0.1, 0.15) is 11.8 Å². The van der Waals surface area contributed by atoms with Crippen LogP contribution >= 0.6 is 0 Å². The standard InChI is InChI=1S/C22H28N4O5/c1-14(21(30)25-11-7-15(8-12-25)19(23)28)26-13-10-22(9-6-18(26)27)24-20(29)16-4-2-3-5-17(16)31-22/h2-5,14-15H,6-13H2,1H3,(H2,23,28)(H,24,29)/t14-,22+/m1/s1. The van der Waals surface area contributed by atoms with Crippen LogP contribution in [0.5, 0.6) is 5.75 Å². The number of rotatable bonds is 3. The number of primary amides is 1. The molecule has 1 aromatic carbocycles. The van der Waals surface area contributed by atoms with Crippen LogP contribution < -0.4 is 15.8 Å². The van der Waals surface area contributed by atoms with E-state index >= 15 is 0 Å². The lowest BCUT2D eigenvalue weighted by Crippen LogP contribution is -2.56. The number of carbonyl (C=O) groups excluding carboxylic acids is 4. The average molecular weight is 428 g/mol. The predicted octanol–water partition coefficient (Wildman–Crippen LogP) is 0.630. The van der Waals surface area contributed by atoms with Crippen LogP contribution in [-0.4, -0.2) is 64.8 Å². The fourth-order valence-corrected chi connectivity index (χ4v) is 4.68. The third kappa shape index (κ3) is 4.08. The van der Waals surface area contributed by atoms with Gasteiger partial charge in [-0.05, 0) is 31.9 Å². The number of benzene rings is 1. The molecule has 1 aromatic rings. The van der Waals surface area contributed by atoms with Crippen molar-refractivity contribution in [1.29, 1.82) is 0 Å². The Morgan fingerprint density at radius 2 is 1.87 bits per heavy atom. The molecule has 0 saturated carbocycles. The average Bonchev–Trinajstić information content (AvgIpc) is 2.92. The van der Waals surface area contributed by atoms with E-state index in [4.69, 9.17) is 10.5 Å². The third-order valence-corrected chi connectivity index (χ3v) is 6.63. The first-order chi connectivity index (χ1) is 14.8. The van der Waals surface area contributed by atoms with Gasteiger partial charge in [0.2, 0.25) is 17.7 Å². The van der Waals surface area contributed by atoms with Gasteiger partial charge in [-0.15, -0.1) is 0 Å². The molecule has 9 heteroatoms. The summed E-state index contributed by atoms with van der Waals surface area (Å²) < 4.78 is 6.15. The molecule has 4 rings (SSSR count). The lowest BCUT2D eigenvalue weighted by molar-refractivity contribution is -0.146. The molecule has 0 radical (unpaired) electrons. The Labute approximate surface area is 180 Å². The second-order valence-electron chi connectivity index (χ2n) is 8.56. The molecule has 1 spiro atoms. The largest absolute Gasteiger partial charge is 0.467 e. The zero-order chi connectivity index (χ0) is 22.2. The molecule has 31 heavy (non-hydrogen) atoms. The predicted molar refractivity (Wildman–Crippen MR) is 111 cm³/mol. The van der Waals surface area contributed by atoms with E-state index in [0.717, 1.165) is 0 Å². The first-order valence-electron chi connectivity index (χ1n) is 10.8. The minimum Gasteiger partial charge on any atom is -0.467 e. The number of hydrogen-bond donors (Lipinski definition) is 2. The Bertz CT molecular complexity index is 911. The number of nitrogens with zero attached hydrogens (tertiary/aromatic N) is 2. The fraction of sp³-hybridized carbons (Fsp3) is 0.545. The van der Waals surface area contributed by atoms with Gasteiger partial charge in [0.15, 0.2) is 5.72 Å². The summed E-state index contributed by atoms with van der Waals surface area (Å²) in [5, 5.41) is 2.94. The zero-order valence-corrected chi connectivity index (χ0v) is 17.6. The Morgan fingerprint density at radius 1 is 1.16 bits per heavy atom. The highest BCUT2D eigenvalue weighted by Gasteiger charge is 2.44. The molecule has 0 aliphatic carbocycles. The zero-order valence-electron chi connectivity index (χ0n) is 17.6. The molecular weight excluding hydrogens is 400 g/mol. The monoisotopic (exact) mass is 428 g/mol. The number of para-hydroxylation sites is 1. The number of hydrogen-bond acceptors (Lipinski definition) is 5. The van der Waals surface area contributed by atoms with Crippen LogP contribution in [0.25, 0.3) is 0 Å². The maximum absolute atomic E-state index is 13.0. The molecule has 9 nitrogen and oxygen atoms in total. The number of nitrogens with one attached hydrogen (secondary N) is 1. The van der Waals surface area contributed by atoms with Gasteiger partial charge in [-0.2, -0.15) is 0 Å². The van der Waals surface area contributed by atoms with Crippen molar-refractivity contribution in [3.63, 3.8) is 0 Å². The first-order valence-corrected chi connectivity index (χ1v) is 10.8. The van der Waals surface area contributed by atoms with Crippen LogP contribution in [-0.2, 0) is 14.4 Å². The molecule has 3 aliphatic rings. The number of ether oxygens (including phenoxy) is 1. The van der Waals surface area contributed by atoms with E-state index in [2.05, 4.69) is 5.32 Å². The molecule has 4 amide bonds. The molecule has 2 atom stereocenters. The Kier molecular flexibility index (Phi) is 5.60. The van der Waals surface area contributed by atoms with E-state index in [1.807, 2.05) is 0 Å². The smallest absolute Gasteiger partial charge is 0.258 e. The molecule has 0 aromatic heterocycles.